The minimum Gasteiger partial charge on any atom is -0.370 e. The zero-order chi connectivity index (χ0) is 13.2. The summed E-state index contributed by atoms with van der Waals surface area (Å²) in [6, 6.07) is 0. The van der Waals surface area contributed by atoms with Crippen LogP contribution < -0.4 is 5.73 Å². The molecular formula is C14H25N3O. The molecule has 0 aromatic carbocycles. The molecule has 1 aliphatic carbocycles. The fraction of sp³-hybridized carbons (Fsp3) is 0.929. The van der Waals surface area contributed by atoms with Crippen molar-refractivity contribution in [2.75, 3.05) is 13.1 Å². The molecule has 0 aromatic heterocycles. The summed E-state index contributed by atoms with van der Waals surface area (Å²) < 4.78 is 6.28. The second-order valence-electron chi connectivity index (χ2n) is 7.31. The lowest BCUT2D eigenvalue weighted by atomic mass is 9.78. The van der Waals surface area contributed by atoms with Crippen LogP contribution >= 0.6 is 0 Å². The summed E-state index contributed by atoms with van der Waals surface area (Å²) in [5, 5.41) is 0. The van der Waals surface area contributed by atoms with Crippen molar-refractivity contribution in [3.8, 4) is 0 Å². The highest BCUT2D eigenvalue weighted by Crippen LogP contribution is 2.51. The number of aliphatic imine (C=N–C) groups is 1. The third-order valence-corrected chi connectivity index (χ3v) is 4.80. The van der Waals surface area contributed by atoms with Crippen LogP contribution in [0.2, 0.25) is 0 Å². The lowest BCUT2D eigenvalue weighted by Gasteiger charge is -2.44. The van der Waals surface area contributed by atoms with Gasteiger partial charge in [0, 0.05) is 13.0 Å². The molecule has 1 unspecified atom stereocenters. The summed E-state index contributed by atoms with van der Waals surface area (Å²) in [6.45, 7) is 10.6. The normalized spacial score (nSPS) is 37.3. The number of nitrogens with zero attached hydrogens (tertiary/aromatic N) is 2. The Balaban J connectivity index is 1.93. The Kier molecular flexibility index (Phi) is 2.32. The first-order valence-corrected chi connectivity index (χ1v) is 7.04. The van der Waals surface area contributed by atoms with Crippen LogP contribution in [0.3, 0.4) is 0 Å². The van der Waals surface area contributed by atoms with Crippen LogP contribution in [0.1, 0.15) is 47.0 Å². The van der Waals surface area contributed by atoms with Gasteiger partial charge in [-0.3, -0.25) is 4.99 Å². The van der Waals surface area contributed by atoms with Crippen molar-refractivity contribution in [2.45, 2.75) is 63.7 Å². The van der Waals surface area contributed by atoms with Gasteiger partial charge in [-0.1, -0.05) is 0 Å². The van der Waals surface area contributed by atoms with Gasteiger partial charge >= 0.3 is 0 Å². The highest BCUT2D eigenvalue weighted by Gasteiger charge is 2.62. The molecule has 3 aliphatic rings. The van der Waals surface area contributed by atoms with Crippen LogP contribution in [0, 0.1) is 5.92 Å². The second-order valence-corrected chi connectivity index (χ2v) is 7.31. The monoisotopic (exact) mass is 251 g/mol. The van der Waals surface area contributed by atoms with E-state index < -0.39 is 0 Å². The lowest BCUT2D eigenvalue weighted by Crippen LogP contribution is -2.61. The molecule has 2 aliphatic heterocycles. The van der Waals surface area contributed by atoms with Crippen molar-refractivity contribution in [3.63, 3.8) is 0 Å². The maximum Gasteiger partial charge on any atom is 0.191 e. The Morgan fingerprint density at radius 1 is 1.33 bits per heavy atom. The first kappa shape index (κ1) is 12.3. The molecule has 0 amide bonds. The van der Waals surface area contributed by atoms with Crippen molar-refractivity contribution in [3.05, 3.63) is 0 Å². The molecule has 2 heterocycles. The minimum atomic E-state index is -0.198. The van der Waals surface area contributed by atoms with Crippen LogP contribution in [0.4, 0.5) is 0 Å². The van der Waals surface area contributed by atoms with Gasteiger partial charge in [0.2, 0.25) is 0 Å². The number of ether oxygens (including phenoxy) is 1. The summed E-state index contributed by atoms with van der Waals surface area (Å²) in [5.41, 5.74) is 5.81. The summed E-state index contributed by atoms with van der Waals surface area (Å²) in [4.78, 5) is 6.88. The van der Waals surface area contributed by atoms with E-state index in [4.69, 9.17) is 10.5 Å². The van der Waals surface area contributed by atoms with E-state index in [-0.39, 0.29) is 16.7 Å². The van der Waals surface area contributed by atoms with Gasteiger partial charge in [-0.15, -0.1) is 0 Å². The average molecular weight is 251 g/mol. The first-order valence-electron chi connectivity index (χ1n) is 7.04. The maximum atomic E-state index is 6.28. The van der Waals surface area contributed by atoms with Crippen molar-refractivity contribution in [1.29, 1.82) is 0 Å². The van der Waals surface area contributed by atoms with Crippen molar-refractivity contribution in [2.24, 2.45) is 16.6 Å². The largest absolute Gasteiger partial charge is 0.370 e. The van der Waals surface area contributed by atoms with E-state index in [1.807, 2.05) is 0 Å². The van der Waals surface area contributed by atoms with E-state index in [9.17, 15) is 0 Å². The molecule has 0 aromatic rings. The van der Waals surface area contributed by atoms with E-state index in [1.54, 1.807) is 0 Å². The minimum absolute atomic E-state index is 0.0385. The van der Waals surface area contributed by atoms with Gasteiger partial charge in [0.15, 0.2) is 5.96 Å². The van der Waals surface area contributed by atoms with Gasteiger partial charge in [0.1, 0.15) is 0 Å². The van der Waals surface area contributed by atoms with Crippen molar-refractivity contribution >= 4 is 5.96 Å². The number of nitrogens with two attached hydrogens (primary N) is 1. The molecule has 2 N–H and O–H groups in total. The Hall–Kier alpha value is -0.770. The average Bonchev–Trinajstić information content (AvgIpc) is 2.92. The fourth-order valence-electron chi connectivity index (χ4n) is 3.83. The molecule has 4 heteroatoms. The lowest BCUT2D eigenvalue weighted by molar-refractivity contribution is -0.0919. The van der Waals surface area contributed by atoms with E-state index in [0.29, 0.717) is 0 Å². The number of hydrogen-bond acceptors (Lipinski definition) is 4. The molecule has 1 atom stereocenters. The third-order valence-electron chi connectivity index (χ3n) is 4.80. The first-order chi connectivity index (χ1) is 8.26. The Bertz CT molecular complexity index is 398. The van der Waals surface area contributed by atoms with Gasteiger partial charge in [0.05, 0.1) is 23.3 Å². The zero-order valence-electron chi connectivity index (χ0n) is 12.0. The predicted molar refractivity (Wildman–Crippen MR) is 72.5 cm³/mol. The topological polar surface area (TPSA) is 50.8 Å². The smallest absolute Gasteiger partial charge is 0.191 e. The number of guanidine groups is 1. The summed E-state index contributed by atoms with van der Waals surface area (Å²) in [7, 11) is 0. The van der Waals surface area contributed by atoms with E-state index in [2.05, 4.69) is 37.6 Å². The molecule has 18 heavy (non-hydrogen) atoms. The number of rotatable bonds is 2. The molecule has 3 rings (SSSR count). The molecule has 1 spiro atoms. The zero-order valence-corrected chi connectivity index (χ0v) is 12.0. The second kappa shape index (κ2) is 3.41. The Morgan fingerprint density at radius 3 is 2.50 bits per heavy atom. The van der Waals surface area contributed by atoms with Crippen LogP contribution in [0.5, 0.6) is 0 Å². The van der Waals surface area contributed by atoms with Gasteiger partial charge in [-0.2, -0.15) is 0 Å². The summed E-state index contributed by atoms with van der Waals surface area (Å²) in [5.74, 6) is 1.53. The quantitative estimate of drug-likeness (QED) is 0.813. The molecule has 1 saturated carbocycles. The molecule has 0 bridgehead atoms. The maximum absolute atomic E-state index is 6.28. The van der Waals surface area contributed by atoms with E-state index in [0.717, 1.165) is 31.4 Å². The van der Waals surface area contributed by atoms with Crippen LogP contribution in [0.25, 0.3) is 0 Å². The highest BCUT2D eigenvalue weighted by molar-refractivity contribution is 5.81. The van der Waals surface area contributed by atoms with Crippen molar-refractivity contribution in [1.82, 2.24) is 4.90 Å². The third kappa shape index (κ3) is 1.65. The molecule has 0 radical (unpaired) electrons. The van der Waals surface area contributed by atoms with Gasteiger partial charge in [0.25, 0.3) is 0 Å². The SMILES string of the molecule is CC1(C)CC2(CN=C(N)N2CC2CC2)C(C)(C)O1. The van der Waals surface area contributed by atoms with Crippen LogP contribution in [-0.4, -0.2) is 40.7 Å². The van der Waals surface area contributed by atoms with E-state index >= 15 is 0 Å². The van der Waals surface area contributed by atoms with Crippen molar-refractivity contribution < 1.29 is 4.74 Å². The standard InChI is InChI=1S/C14H25N3O/c1-12(2)8-14(13(3,4)18-12)9-16-11(15)17(14)7-10-5-6-10/h10H,5-9H2,1-4H3,(H2,15,16). The fourth-order valence-corrected chi connectivity index (χ4v) is 3.83. The highest BCUT2D eigenvalue weighted by atomic mass is 16.5. The summed E-state index contributed by atoms with van der Waals surface area (Å²) in [6.07, 6.45) is 3.68. The van der Waals surface area contributed by atoms with E-state index in [1.165, 1.54) is 12.8 Å². The molecule has 4 nitrogen and oxygen atoms in total. The molecular weight excluding hydrogens is 226 g/mol. The Labute approximate surface area is 110 Å². The van der Waals surface area contributed by atoms with Gasteiger partial charge in [-0.25, -0.2) is 0 Å². The predicted octanol–water partition coefficient (Wildman–Crippen LogP) is 1.74. The van der Waals surface area contributed by atoms with Gasteiger partial charge < -0.3 is 15.4 Å². The number of hydrogen-bond donors (Lipinski definition) is 1. The van der Waals surface area contributed by atoms with Crippen LogP contribution in [-0.2, 0) is 4.74 Å². The molecule has 102 valence electrons. The summed E-state index contributed by atoms with van der Waals surface area (Å²) >= 11 is 0. The van der Waals surface area contributed by atoms with Crippen LogP contribution in [0.15, 0.2) is 4.99 Å². The molecule has 2 fully saturated rings. The molecule has 1 saturated heterocycles. The Morgan fingerprint density at radius 2 is 2.00 bits per heavy atom. The van der Waals surface area contributed by atoms with Gasteiger partial charge in [-0.05, 0) is 46.5 Å².